The number of halogens is 4. The van der Waals surface area contributed by atoms with Gasteiger partial charge in [-0.05, 0) is 61.2 Å². The lowest BCUT2D eigenvalue weighted by atomic mass is 10.0. The summed E-state index contributed by atoms with van der Waals surface area (Å²) in [4.78, 5) is 12.5. The molecule has 2 aromatic rings. The molecule has 0 saturated carbocycles. The fourth-order valence-corrected chi connectivity index (χ4v) is 4.13. The minimum Gasteiger partial charge on any atom is -0.480 e. The molecule has 0 aliphatic heterocycles. The van der Waals surface area contributed by atoms with Crippen LogP contribution in [-0.2, 0) is 27.4 Å². The zero-order valence-corrected chi connectivity index (χ0v) is 21.7. The summed E-state index contributed by atoms with van der Waals surface area (Å²) >= 11 is 5.80. The molecule has 11 heteroatoms. The Morgan fingerprint density at radius 3 is 2.39 bits per heavy atom. The SMILES string of the molecule is CCS(=O)(=O)NC(C(=O)NCCc1ccc(OCC#Cc2ccc(Cl)cc2)c(C(F)(F)F)c1)C(C)C. The normalized spacial score (nSPS) is 12.6. The second-order valence-electron chi connectivity index (χ2n) is 8.21. The zero-order valence-electron chi connectivity index (χ0n) is 20.1. The van der Waals surface area contributed by atoms with Crippen molar-refractivity contribution in [2.24, 2.45) is 5.92 Å². The Bertz CT molecular complexity index is 1200. The average molecular weight is 545 g/mol. The summed E-state index contributed by atoms with van der Waals surface area (Å²) in [5, 5.41) is 3.14. The number of sulfonamides is 1. The molecule has 0 aliphatic rings. The Morgan fingerprint density at radius 2 is 1.81 bits per heavy atom. The van der Waals surface area contributed by atoms with Crippen molar-refractivity contribution in [3.8, 4) is 17.6 Å². The maximum Gasteiger partial charge on any atom is 0.419 e. The van der Waals surface area contributed by atoms with Crippen LogP contribution in [0.2, 0.25) is 5.02 Å². The van der Waals surface area contributed by atoms with Crippen LogP contribution in [0.3, 0.4) is 0 Å². The van der Waals surface area contributed by atoms with Gasteiger partial charge in [0.15, 0.2) is 0 Å². The Kier molecular flexibility index (Phi) is 10.6. The van der Waals surface area contributed by atoms with Gasteiger partial charge in [0.25, 0.3) is 0 Å². The van der Waals surface area contributed by atoms with E-state index >= 15 is 0 Å². The van der Waals surface area contributed by atoms with E-state index in [1.54, 1.807) is 38.1 Å². The fourth-order valence-electron chi connectivity index (χ4n) is 3.07. The molecule has 1 atom stereocenters. The maximum atomic E-state index is 13.6. The molecule has 6 nitrogen and oxygen atoms in total. The van der Waals surface area contributed by atoms with Gasteiger partial charge < -0.3 is 10.1 Å². The van der Waals surface area contributed by atoms with E-state index in [2.05, 4.69) is 21.9 Å². The van der Waals surface area contributed by atoms with Crippen molar-refractivity contribution >= 4 is 27.5 Å². The highest BCUT2D eigenvalue weighted by atomic mass is 35.5. The highest BCUT2D eigenvalue weighted by molar-refractivity contribution is 7.89. The van der Waals surface area contributed by atoms with Gasteiger partial charge >= 0.3 is 6.18 Å². The minimum atomic E-state index is -4.65. The predicted molar refractivity (Wildman–Crippen MR) is 133 cm³/mol. The first kappa shape index (κ1) is 29.5. The molecule has 0 radical (unpaired) electrons. The van der Waals surface area contributed by atoms with Crippen molar-refractivity contribution in [3.05, 3.63) is 64.2 Å². The molecule has 0 fully saturated rings. The van der Waals surface area contributed by atoms with Gasteiger partial charge in [0, 0.05) is 17.1 Å². The third kappa shape index (κ3) is 9.37. The number of ether oxygens (including phenoxy) is 1. The van der Waals surface area contributed by atoms with Gasteiger partial charge in [0.05, 0.1) is 11.3 Å². The molecule has 36 heavy (non-hydrogen) atoms. The zero-order chi connectivity index (χ0) is 26.9. The average Bonchev–Trinajstić information content (AvgIpc) is 2.81. The van der Waals surface area contributed by atoms with Crippen LogP contribution in [0.15, 0.2) is 42.5 Å². The molecule has 2 N–H and O–H groups in total. The van der Waals surface area contributed by atoms with Crippen LogP contribution in [0.1, 0.15) is 37.5 Å². The molecule has 2 rings (SSSR count). The summed E-state index contributed by atoms with van der Waals surface area (Å²) in [6.07, 6.45) is -4.55. The molecule has 0 saturated heterocycles. The summed E-state index contributed by atoms with van der Waals surface area (Å²) in [5.74, 6) is 4.07. The summed E-state index contributed by atoms with van der Waals surface area (Å²) < 4.78 is 72.1. The number of nitrogens with one attached hydrogen (secondary N) is 2. The van der Waals surface area contributed by atoms with Crippen molar-refractivity contribution in [1.29, 1.82) is 0 Å². The molecular weight excluding hydrogens is 517 g/mol. The summed E-state index contributed by atoms with van der Waals surface area (Å²) in [7, 11) is -3.60. The lowest BCUT2D eigenvalue weighted by molar-refractivity contribution is -0.139. The van der Waals surface area contributed by atoms with Crippen molar-refractivity contribution < 1.29 is 31.1 Å². The second-order valence-corrected chi connectivity index (χ2v) is 10.7. The summed E-state index contributed by atoms with van der Waals surface area (Å²) in [6.45, 7) is 4.62. The summed E-state index contributed by atoms with van der Waals surface area (Å²) in [5.41, 5.74) is 0.0338. The van der Waals surface area contributed by atoms with Crippen molar-refractivity contribution in [2.75, 3.05) is 18.9 Å². The minimum absolute atomic E-state index is 0.0278. The van der Waals surface area contributed by atoms with E-state index in [0.717, 1.165) is 6.07 Å². The molecule has 2 aromatic carbocycles. The molecule has 0 spiro atoms. The van der Waals surface area contributed by atoms with Crippen LogP contribution in [-0.4, -0.2) is 39.3 Å². The van der Waals surface area contributed by atoms with E-state index in [1.807, 2.05) is 0 Å². The van der Waals surface area contributed by atoms with Gasteiger partial charge in [-0.2, -0.15) is 13.2 Å². The van der Waals surface area contributed by atoms with E-state index in [0.29, 0.717) is 16.1 Å². The first-order valence-electron chi connectivity index (χ1n) is 11.2. The number of hydrogen-bond acceptors (Lipinski definition) is 4. The van der Waals surface area contributed by atoms with E-state index in [9.17, 15) is 26.4 Å². The smallest absolute Gasteiger partial charge is 0.419 e. The quantitative estimate of drug-likeness (QED) is 0.434. The van der Waals surface area contributed by atoms with Crippen LogP contribution in [0.5, 0.6) is 5.75 Å². The standard InChI is InChI=1S/C25H28ClF3N2O4S/c1-4-36(33,34)31-23(17(2)3)24(32)30-14-13-19-9-12-22(21(16-19)25(27,28)29)35-15-5-6-18-7-10-20(26)11-8-18/h7-12,16-17,23,31H,4,13-15H2,1-3H3,(H,30,32). The highest BCUT2D eigenvalue weighted by Gasteiger charge is 2.34. The highest BCUT2D eigenvalue weighted by Crippen LogP contribution is 2.37. The van der Waals surface area contributed by atoms with E-state index in [-0.39, 0.29) is 37.0 Å². The Labute approximate surface area is 214 Å². The first-order chi connectivity index (χ1) is 16.8. The number of hydrogen-bond donors (Lipinski definition) is 2. The molecule has 1 amide bonds. The van der Waals surface area contributed by atoms with Crippen molar-refractivity contribution in [1.82, 2.24) is 10.0 Å². The molecular formula is C25H28ClF3N2O4S. The number of carbonyl (C=O) groups excluding carboxylic acids is 1. The lowest BCUT2D eigenvalue weighted by Crippen LogP contribution is -2.50. The van der Waals surface area contributed by atoms with E-state index in [4.69, 9.17) is 16.3 Å². The lowest BCUT2D eigenvalue weighted by Gasteiger charge is -2.21. The third-order valence-electron chi connectivity index (χ3n) is 5.07. The van der Waals surface area contributed by atoms with E-state index < -0.39 is 33.7 Å². The second kappa shape index (κ2) is 13.0. The largest absolute Gasteiger partial charge is 0.480 e. The Morgan fingerprint density at radius 1 is 1.14 bits per heavy atom. The van der Waals surface area contributed by atoms with Gasteiger partial charge in [0.1, 0.15) is 18.4 Å². The van der Waals surface area contributed by atoms with Crippen molar-refractivity contribution in [2.45, 2.75) is 39.4 Å². The van der Waals surface area contributed by atoms with Gasteiger partial charge in [-0.1, -0.05) is 43.4 Å². The Hall–Kier alpha value is -2.74. The molecule has 0 bridgehead atoms. The van der Waals surface area contributed by atoms with Gasteiger partial charge in [0.2, 0.25) is 15.9 Å². The van der Waals surface area contributed by atoms with Gasteiger partial charge in [-0.15, -0.1) is 0 Å². The molecule has 196 valence electrons. The number of rotatable bonds is 10. The number of amides is 1. The first-order valence-corrected chi connectivity index (χ1v) is 13.2. The van der Waals surface area contributed by atoms with Crippen LogP contribution >= 0.6 is 11.6 Å². The number of benzene rings is 2. The van der Waals surface area contributed by atoms with Gasteiger partial charge in [-0.25, -0.2) is 13.1 Å². The van der Waals surface area contributed by atoms with Crippen LogP contribution in [0.4, 0.5) is 13.2 Å². The monoisotopic (exact) mass is 544 g/mol. The fraction of sp³-hybridized carbons (Fsp3) is 0.400. The predicted octanol–water partition coefficient (Wildman–Crippen LogP) is 4.41. The Balaban J connectivity index is 2.03. The summed E-state index contributed by atoms with van der Waals surface area (Å²) in [6, 6.07) is 9.36. The number of alkyl halides is 3. The molecule has 0 aromatic heterocycles. The molecule has 1 unspecified atom stereocenters. The van der Waals surface area contributed by atoms with Crippen molar-refractivity contribution in [3.63, 3.8) is 0 Å². The number of carbonyl (C=O) groups is 1. The molecule has 0 heterocycles. The topological polar surface area (TPSA) is 84.5 Å². The van der Waals surface area contributed by atoms with Crippen LogP contribution < -0.4 is 14.8 Å². The van der Waals surface area contributed by atoms with E-state index in [1.165, 1.54) is 19.1 Å². The third-order valence-corrected chi connectivity index (χ3v) is 6.70. The van der Waals surface area contributed by atoms with Gasteiger partial charge in [-0.3, -0.25) is 4.79 Å². The maximum absolute atomic E-state index is 13.6. The molecule has 0 aliphatic carbocycles. The van der Waals surface area contributed by atoms with Crippen LogP contribution in [0, 0.1) is 17.8 Å². The van der Waals surface area contributed by atoms with Crippen LogP contribution in [0.25, 0.3) is 0 Å².